The third kappa shape index (κ3) is 8.02. The first-order chi connectivity index (χ1) is 9.78. The average Bonchev–Trinajstić information content (AvgIpc) is 2.40. The fourth-order valence-electron chi connectivity index (χ4n) is 1.83. The van der Waals surface area contributed by atoms with Gasteiger partial charge in [-0.2, -0.15) is 0 Å². The van der Waals surface area contributed by atoms with Crippen LogP contribution in [-0.2, 0) is 10.5 Å². The highest BCUT2D eigenvalue weighted by atomic mass is 32.2. The van der Waals surface area contributed by atoms with Crippen molar-refractivity contribution in [3.05, 3.63) is 35.4 Å². The number of carbonyl (C=O) groups excluding carboxylic acids is 2. The summed E-state index contributed by atoms with van der Waals surface area (Å²) in [5, 5.41) is 3.49. The highest BCUT2D eigenvalue weighted by Crippen LogP contribution is 2.14. The van der Waals surface area contributed by atoms with Crippen molar-refractivity contribution in [3.63, 3.8) is 0 Å². The van der Waals surface area contributed by atoms with Crippen molar-refractivity contribution >= 4 is 22.7 Å². The average molecular weight is 307 g/mol. The number of thioether (sulfide) groups is 1. The molecule has 0 atom stereocenters. The van der Waals surface area contributed by atoms with Gasteiger partial charge in [0.1, 0.15) is 0 Å². The van der Waals surface area contributed by atoms with Gasteiger partial charge in [0.15, 0.2) is 10.9 Å². The van der Waals surface area contributed by atoms with Crippen LogP contribution in [0, 0.1) is 0 Å². The van der Waals surface area contributed by atoms with E-state index in [2.05, 4.69) is 26.1 Å². The molecule has 0 unspecified atom stereocenters. The Balaban J connectivity index is 2.39. The van der Waals surface area contributed by atoms with Crippen LogP contribution in [0.4, 0.5) is 0 Å². The van der Waals surface area contributed by atoms with Gasteiger partial charge in [-0.05, 0) is 39.3 Å². The molecule has 116 valence electrons. The van der Waals surface area contributed by atoms with Gasteiger partial charge in [0.05, 0.1) is 0 Å². The van der Waals surface area contributed by atoms with Crippen LogP contribution in [0.25, 0.3) is 0 Å². The van der Waals surface area contributed by atoms with Crippen molar-refractivity contribution in [1.29, 1.82) is 0 Å². The molecule has 0 fully saturated rings. The first-order valence-corrected chi connectivity index (χ1v) is 8.27. The van der Waals surface area contributed by atoms with Gasteiger partial charge in [-0.3, -0.25) is 9.59 Å². The summed E-state index contributed by atoms with van der Waals surface area (Å²) in [6.45, 7) is 8.77. The number of benzene rings is 1. The molecule has 3 nitrogen and oxygen atoms in total. The highest BCUT2D eigenvalue weighted by Gasteiger charge is 2.09. The molecule has 1 aromatic carbocycles. The lowest BCUT2D eigenvalue weighted by Gasteiger charge is -2.20. The van der Waals surface area contributed by atoms with Crippen LogP contribution in [-0.4, -0.2) is 23.0 Å². The monoisotopic (exact) mass is 307 g/mol. The molecule has 0 aromatic heterocycles. The molecule has 0 aliphatic heterocycles. The van der Waals surface area contributed by atoms with E-state index in [1.54, 1.807) is 6.92 Å². The largest absolute Gasteiger partial charge is 0.312 e. The van der Waals surface area contributed by atoms with E-state index in [1.807, 2.05) is 24.3 Å². The van der Waals surface area contributed by atoms with Crippen LogP contribution >= 0.6 is 11.8 Å². The third-order valence-electron chi connectivity index (χ3n) is 2.95. The maximum absolute atomic E-state index is 12.1. The second kappa shape index (κ2) is 8.35. The van der Waals surface area contributed by atoms with Crippen molar-refractivity contribution in [3.8, 4) is 0 Å². The van der Waals surface area contributed by atoms with Gasteiger partial charge in [0, 0.05) is 30.2 Å². The molecule has 0 aliphatic rings. The molecule has 0 aliphatic carbocycles. The third-order valence-corrected chi connectivity index (χ3v) is 3.84. The van der Waals surface area contributed by atoms with Crippen LogP contribution in [0.1, 0.15) is 56.5 Å². The Kier molecular flexibility index (Phi) is 7.12. The van der Waals surface area contributed by atoms with Gasteiger partial charge in [-0.15, -0.1) is 0 Å². The highest BCUT2D eigenvalue weighted by molar-refractivity contribution is 8.12. The first-order valence-electron chi connectivity index (χ1n) is 7.28. The zero-order chi connectivity index (χ0) is 15.9. The fourth-order valence-corrected chi connectivity index (χ4v) is 2.39. The van der Waals surface area contributed by atoms with E-state index in [9.17, 15) is 9.59 Å². The number of carbonyl (C=O) groups is 2. The molecule has 0 spiro atoms. The Morgan fingerprint density at radius 3 is 2.29 bits per heavy atom. The molecular weight excluding hydrogens is 282 g/mol. The molecule has 0 saturated carbocycles. The molecular formula is C17H25NO2S. The molecule has 4 heteroatoms. The Bertz CT molecular complexity index is 475. The van der Waals surface area contributed by atoms with Crippen molar-refractivity contribution in [1.82, 2.24) is 5.32 Å². The summed E-state index contributed by atoms with van der Waals surface area (Å²) in [5.74, 6) is 0.843. The van der Waals surface area contributed by atoms with Crippen molar-refractivity contribution in [2.75, 3.05) is 6.54 Å². The summed E-state index contributed by atoms with van der Waals surface area (Å²) in [4.78, 5) is 23.0. The van der Waals surface area contributed by atoms with Crippen LogP contribution < -0.4 is 5.32 Å². The second-order valence-electron chi connectivity index (χ2n) is 6.18. The molecule has 1 rings (SSSR count). The predicted octanol–water partition coefficient (Wildman–Crippen LogP) is 3.82. The van der Waals surface area contributed by atoms with Crippen molar-refractivity contribution in [2.24, 2.45) is 0 Å². The Morgan fingerprint density at radius 1 is 1.14 bits per heavy atom. The van der Waals surface area contributed by atoms with E-state index in [-0.39, 0.29) is 16.4 Å². The van der Waals surface area contributed by atoms with E-state index < -0.39 is 0 Å². The van der Waals surface area contributed by atoms with Crippen LogP contribution in [0.2, 0.25) is 0 Å². The molecule has 0 amide bonds. The van der Waals surface area contributed by atoms with E-state index in [0.29, 0.717) is 12.2 Å². The zero-order valence-electron chi connectivity index (χ0n) is 13.4. The number of nitrogens with one attached hydrogen (secondary N) is 1. The predicted molar refractivity (Wildman–Crippen MR) is 89.7 cm³/mol. The van der Waals surface area contributed by atoms with E-state index in [0.717, 1.165) is 24.1 Å². The minimum atomic E-state index is 0.0963. The number of Topliss-reactive ketones (excluding diaryl/α,β-unsaturated/α-hetero) is 1. The topological polar surface area (TPSA) is 46.2 Å². The minimum absolute atomic E-state index is 0.0963. The minimum Gasteiger partial charge on any atom is -0.312 e. The van der Waals surface area contributed by atoms with Crippen molar-refractivity contribution < 1.29 is 9.59 Å². The lowest BCUT2D eigenvalue weighted by atomic mass is 10.0. The summed E-state index contributed by atoms with van der Waals surface area (Å²) in [7, 11) is 0. The Morgan fingerprint density at radius 2 is 1.76 bits per heavy atom. The molecule has 1 aromatic rings. The smallest absolute Gasteiger partial charge is 0.186 e. The zero-order valence-corrected chi connectivity index (χ0v) is 14.2. The summed E-state index contributed by atoms with van der Waals surface area (Å²) in [6.07, 6.45) is 1.41. The van der Waals surface area contributed by atoms with E-state index in [1.165, 1.54) is 11.8 Å². The number of rotatable bonds is 7. The summed E-state index contributed by atoms with van der Waals surface area (Å²) < 4.78 is 0. The number of hydrogen-bond acceptors (Lipinski definition) is 4. The van der Waals surface area contributed by atoms with Gasteiger partial charge in [-0.1, -0.05) is 36.0 Å². The summed E-state index contributed by atoms with van der Waals surface area (Å²) >= 11 is 1.29. The van der Waals surface area contributed by atoms with Crippen LogP contribution in [0.3, 0.4) is 0 Å². The second-order valence-corrected chi connectivity index (χ2v) is 7.33. The summed E-state index contributed by atoms with van der Waals surface area (Å²) in [6, 6.07) is 7.57. The van der Waals surface area contributed by atoms with Crippen molar-refractivity contribution in [2.45, 2.75) is 51.8 Å². The molecule has 1 N–H and O–H groups in total. The first kappa shape index (κ1) is 17.9. The van der Waals surface area contributed by atoms with Gasteiger partial charge in [-0.25, -0.2) is 0 Å². The fraction of sp³-hybridized carbons (Fsp3) is 0.529. The lowest BCUT2D eigenvalue weighted by molar-refractivity contribution is -0.109. The van der Waals surface area contributed by atoms with Crippen LogP contribution in [0.5, 0.6) is 0 Å². The SMILES string of the molecule is CC(=O)SCc1ccc(C(=O)CCCNC(C)(C)C)cc1. The number of ketones is 1. The normalized spacial score (nSPS) is 11.4. The van der Waals surface area contributed by atoms with E-state index in [4.69, 9.17) is 0 Å². The lowest BCUT2D eigenvalue weighted by Crippen LogP contribution is -2.36. The van der Waals surface area contributed by atoms with Gasteiger partial charge < -0.3 is 5.32 Å². The molecule has 0 saturated heterocycles. The van der Waals surface area contributed by atoms with Gasteiger partial charge in [0.2, 0.25) is 0 Å². The number of hydrogen-bond donors (Lipinski definition) is 1. The Hall–Kier alpha value is -1.13. The van der Waals surface area contributed by atoms with E-state index >= 15 is 0 Å². The molecule has 0 radical (unpaired) electrons. The standard InChI is InChI=1S/C17H25NO2S/c1-13(19)21-12-14-7-9-15(10-8-14)16(20)6-5-11-18-17(2,3)4/h7-10,18H,5-6,11-12H2,1-4H3. The maximum Gasteiger partial charge on any atom is 0.186 e. The van der Waals surface area contributed by atoms with Gasteiger partial charge >= 0.3 is 0 Å². The van der Waals surface area contributed by atoms with Crippen LogP contribution in [0.15, 0.2) is 24.3 Å². The molecule has 0 heterocycles. The summed E-state index contributed by atoms with van der Waals surface area (Å²) in [5.41, 5.74) is 1.92. The maximum atomic E-state index is 12.1. The molecule has 21 heavy (non-hydrogen) atoms. The van der Waals surface area contributed by atoms with Gasteiger partial charge in [0.25, 0.3) is 0 Å². The quantitative estimate of drug-likeness (QED) is 0.614. The molecule has 0 bridgehead atoms. The Labute approximate surface area is 131 Å².